The Morgan fingerprint density at radius 3 is 2.36 bits per heavy atom. The van der Waals surface area contributed by atoms with E-state index in [0.717, 1.165) is 31.4 Å². The molecule has 7 heteroatoms. The fraction of sp³-hybridized carbons (Fsp3) is 0.429. The van der Waals surface area contributed by atoms with Crippen LogP contribution < -0.4 is 19.5 Å². The molecular formula is C21H25ClN2O4. The van der Waals surface area contributed by atoms with E-state index in [4.69, 9.17) is 25.8 Å². The van der Waals surface area contributed by atoms with E-state index in [1.54, 1.807) is 30.5 Å². The first-order chi connectivity index (χ1) is 13.6. The first kappa shape index (κ1) is 20.3. The highest BCUT2D eigenvalue weighted by Gasteiger charge is 2.24. The smallest absolute Gasteiger partial charge is 0.258 e. The summed E-state index contributed by atoms with van der Waals surface area (Å²) in [5.74, 6) is 1.90. The number of amides is 1. The Balaban J connectivity index is 1.35. The van der Waals surface area contributed by atoms with Gasteiger partial charge in [0, 0.05) is 18.3 Å². The third-order valence-corrected chi connectivity index (χ3v) is 4.76. The summed E-state index contributed by atoms with van der Waals surface area (Å²) < 4.78 is 16.8. The van der Waals surface area contributed by atoms with Gasteiger partial charge in [0.15, 0.2) is 6.61 Å². The zero-order valence-electron chi connectivity index (χ0n) is 15.9. The van der Waals surface area contributed by atoms with Gasteiger partial charge in [0.05, 0.1) is 11.6 Å². The van der Waals surface area contributed by atoms with Crippen molar-refractivity contribution in [3.8, 4) is 17.4 Å². The van der Waals surface area contributed by atoms with E-state index < -0.39 is 0 Å². The molecule has 0 saturated heterocycles. The van der Waals surface area contributed by atoms with E-state index >= 15 is 0 Å². The van der Waals surface area contributed by atoms with Gasteiger partial charge in [-0.2, -0.15) is 0 Å². The van der Waals surface area contributed by atoms with Crippen molar-refractivity contribution in [3.05, 3.63) is 47.6 Å². The molecule has 1 saturated carbocycles. The molecule has 28 heavy (non-hydrogen) atoms. The molecule has 0 spiro atoms. The van der Waals surface area contributed by atoms with Crippen molar-refractivity contribution >= 4 is 17.5 Å². The number of ether oxygens (including phenoxy) is 3. The minimum Gasteiger partial charge on any atom is -0.494 e. The fourth-order valence-electron chi connectivity index (χ4n) is 3.14. The molecule has 1 aromatic carbocycles. The number of carbonyl (C=O) groups excluding carboxylic acids is 1. The van der Waals surface area contributed by atoms with Crippen LogP contribution in [0.4, 0.5) is 0 Å². The monoisotopic (exact) mass is 404 g/mol. The summed E-state index contributed by atoms with van der Waals surface area (Å²) in [6.07, 6.45) is 5.17. The van der Waals surface area contributed by atoms with Gasteiger partial charge in [-0.25, -0.2) is 4.98 Å². The number of halogens is 1. The summed E-state index contributed by atoms with van der Waals surface area (Å²) in [7, 11) is 0. The van der Waals surface area contributed by atoms with Crippen LogP contribution in [-0.4, -0.2) is 36.3 Å². The molecule has 6 nitrogen and oxygen atoms in total. The van der Waals surface area contributed by atoms with Gasteiger partial charge in [0.2, 0.25) is 5.88 Å². The first-order valence-corrected chi connectivity index (χ1v) is 9.93. The van der Waals surface area contributed by atoms with Gasteiger partial charge < -0.3 is 19.5 Å². The Bertz CT molecular complexity index is 744. The number of carbonyl (C=O) groups is 1. The normalized spacial score (nSPS) is 18.9. The zero-order valence-corrected chi connectivity index (χ0v) is 16.7. The van der Waals surface area contributed by atoms with Gasteiger partial charge in [0.1, 0.15) is 17.6 Å². The number of nitrogens with one attached hydrogen (secondary N) is 1. The number of nitrogens with zero attached hydrogens (tertiary/aromatic N) is 1. The molecule has 1 heterocycles. The lowest BCUT2D eigenvalue weighted by molar-refractivity contribution is -0.124. The topological polar surface area (TPSA) is 69.7 Å². The van der Waals surface area contributed by atoms with E-state index in [9.17, 15) is 4.79 Å². The molecule has 0 atom stereocenters. The number of hydrogen-bond acceptors (Lipinski definition) is 5. The number of benzene rings is 1. The van der Waals surface area contributed by atoms with E-state index in [1.165, 1.54) is 0 Å². The predicted molar refractivity (Wildman–Crippen MR) is 107 cm³/mol. The van der Waals surface area contributed by atoms with Crippen LogP contribution in [0.25, 0.3) is 0 Å². The summed E-state index contributed by atoms with van der Waals surface area (Å²) >= 11 is 5.83. The van der Waals surface area contributed by atoms with Crippen molar-refractivity contribution in [2.45, 2.75) is 44.8 Å². The fourth-order valence-corrected chi connectivity index (χ4v) is 3.26. The molecule has 1 fully saturated rings. The van der Waals surface area contributed by atoms with Crippen molar-refractivity contribution in [2.75, 3.05) is 13.2 Å². The Morgan fingerprint density at radius 1 is 1.07 bits per heavy atom. The quantitative estimate of drug-likeness (QED) is 0.719. The maximum Gasteiger partial charge on any atom is 0.258 e. The van der Waals surface area contributed by atoms with Crippen LogP contribution in [0.5, 0.6) is 17.4 Å². The van der Waals surface area contributed by atoms with Crippen LogP contribution in [-0.2, 0) is 4.79 Å². The maximum absolute atomic E-state index is 12.1. The van der Waals surface area contributed by atoms with Crippen LogP contribution in [0.3, 0.4) is 0 Å². The highest BCUT2D eigenvalue weighted by molar-refractivity contribution is 6.30. The molecule has 2 aromatic rings. The third kappa shape index (κ3) is 6.30. The number of hydrogen-bond donors (Lipinski definition) is 1. The second-order valence-corrected chi connectivity index (χ2v) is 7.10. The predicted octanol–water partition coefficient (Wildman–Crippen LogP) is 4.02. The van der Waals surface area contributed by atoms with Gasteiger partial charge in [-0.05, 0) is 62.9 Å². The summed E-state index contributed by atoms with van der Waals surface area (Å²) in [5, 5.41) is 3.62. The van der Waals surface area contributed by atoms with E-state index in [1.807, 2.05) is 19.1 Å². The Kier molecular flexibility index (Phi) is 7.37. The molecule has 0 aliphatic heterocycles. The molecule has 1 aromatic heterocycles. The van der Waals surface area contributed by atoms with Crippen LogP contribution in [0, 0.1) is 0 Å². The van der Waals surface area contributed by atoms with E-state index in [2.05, 4.69) is 10.3 Å². The van der Waals surface area contributed by atoms with Crippen molar-refractivity contribution in [2.24, 2.45) is 0 Å². The van der Waals surface area contributed by atoms with Crippen LogP contribution in [0.2, 0.25) is 5.02 Å². The molecule has 1 amide bonds. The van der Waals surface area contributed by atoms with Crippen LogP contribution >= 0.6 is 11.6 Å². The summed E-state index contributed by atoms with van der Waals surface area (Å²) in [5.41, 5.74) is 0. The summed E-state index contributed by atoms with van der Waals surface area (Å²) in [4.78, 5) is 16.3. The molecule has 0 unspecified atom stereocenters. The Morgan fingerprint density at radius 2 is 1.75 bits per heavy atom. The molecule has 150 valence electrons. The average Bonchev–Trinajstić information content (AvgIpc) is 2.71. The van der Waals surface area contributed by atoms with Crippen molar-refractivity contribution in [1.29, 1.82) is 0 Å². The maximum atomic E-state index is 12.1. The van der Waals surface area contributed by atoms with Crippen molar-refractivity contribution in [1.82, 2.24) is 10.3 Å². The van der Waals surface area contributed by atoms with Gasteiger partial charge in [-0.15, -0.1) is 0 Å². The van der Waals surface area contributed by atoms with Gasteiger partial charge in [-0.3, -0.25) is 4.79 Å². The highest BCUT2D eigenvalue weighted by Crippen LogP contribution is 2.23. The van der Waals surface area contributed by atoms with Gasteiger partial charge >= 0.3 is 0 Å². The SMILES string of the molecule is CCOc1ccc(OCC(=O)NC2CCC(Oc3ccc(Cl)cn3)CC2)cc1. The second-order valence-electron chi connectivity index (χ2n) is 6.67. The van der Waals surface area contributed by atoms with Gasteiger partial charge in [0.25, 0.3) is 5.91 Å². The largest absolute Gasteiger partial charge is 0.494 e. The second kappa shape index (κ2) is 10.2. The lowest BCUT2D eigenvalue weighted by Gasteiger charge is -2.29. The summed E-state index contributed by atoms with van der Waals surface area (Å²) in [6.45, 7) is 2.55. The lowest BCUT2D eigenvalue weighted by Crippen LogP contribution is -2.41. The molecule has 1 aliphatic rings. The number of rotatable bonds is 8. The van der Waals surface area contributed by atoms with Gasteiger partial charge in [-0.1, -0.05) is 11.6 Å². The van der Waals surface area contributed by atoms with E-state index in [-0.39, 0.29) is 24.7 Å². The standard InChI is InChI=1S/C21H25ClN2O4/c1-2-26-17-8-10-18(11-9-17)27-14-20(25)24-16-4-6-19(7-5-16)28-21-12-3-15(22)13-23-21/h3,8-13,16,19H,2,4-7,14H2,1H3,(H,24,25). The molecule has 1 N–H and O–H groups in total. The third-order valence-electron chi connectivity index (χ3n) is 4.53. The average molecular weight is 405 g/mol. The Labute approximate surface area is 170 Å². The zero-order chi connectivity index (χ0) is 19.8. The lowest BCUT2D eigenvalue weighted by atomic mass is 9.93. The van der Waals surface area contributed by atoms with Crippen molar-refractivity contribution in [3.63, 3.8) is 0 Å². The summed E-state index contributed by atoms with van der Waals surface area (Å²) in [6, 6.07) is 10.9. The first-order valence-electron chi connectivity index (χ1n) is 9.55. The van der Waals surface area contributed by atoms with Crippen molar-refractivity contribution < 1.29 is 19.0 Å². The molecule has 0 bridgehead atoms. The number of aromatic nitrogens is 1. The molecule has 0 radical (unpaired) electrons. The minimum absolute atomic E-state index is 0.000888. The minimum atomic E-state index is -0.113. The molecule has 1 aliphatic carbocycles. The van der Waals surface area contributed by atoms with Crippen LogP contribution in [0.1, 0.15) is 32.6 Å². The number of pyridine rings is 1. The van der Waals surface area contributed by atoms with Crippen LogP contribution in [0.15, 0.2) is 42.6 Å². The highest BCUT2D eigenvalue weighted by atomic mass is 35.5. The molecule has 3 rings (SSSR count). The van der Waals surface area contributed by atoms with E-state index in [0.29, 0.717) is 23.3 Å². The molecular weight excluding hydrogens is 380 g/mol. The Hall–Kier alpha value is -2.47.